The molecule has 3 N–H and O–H groups in total. The van der Waals surface area contributed by atoms with Crippen LogP contribution in [-0.4, -0.2) is 11.0 Å². The number of nitrogens with two attached hydrogens (primary N) is 1. The Bertz CT molecular complexity index is 290. The zero-order chi connectivity index (χ0) is 12.0. The molecule has 16 heavy (non-hydrogen) atoms. The van der Waals surface area contributed by atoms with Crippen molar-refractivity contribution in [2.24, 2.45) is 11.3 Å². The first kappa shape index (κ1) is 13.1. The summed E-state index contributed by atoms with van der Waals surface area (Å²) in [6.45, 7) is 6.76. The van der Waals surface area contributed by atoms with Gasteiger partial charge in [-0.15, -0.1) is 0 Å². The van der Waals surface area contributed by atoms with Crippen molar-refractivity contribution in [2.45, 2.75) is 46.1 Å². The molecule has 3 nitrogen and oxygen atoms in total. The lowest BCUT2D eigenvalue weighted by Gasteiger charge is -2.22. The number of hydrogen-bond acceptors (Lipinski definition) is 3. The molecule has 0 saturated carbocycles. The average molecular weight is 221 g/mol. The van der Waals surface area contributed by atoms with Crippen molar-refractivity contribution >= 4 is 0 Å². The molecule has 0 aromatic carbocycles. The van der Waals surface area contributed by atoms with Gasteiger partial charge >= 0.3 is 0 Å². The largest absolute Gasteiger partial charge is 0.271 e. The molecule has 0 bridgehead atoms. The van der Waals surface area contributed by atoms with E-state index in [9.17, 15) is 0 Å². The molecule has 0 aliphatic heterocycles. The van der Waals surface area contributed by atoms with Gasteiger partial charge in [-0.3, -0.25) is 16.3 Å². The van der Waals surface area contributed by atoms with Crippen LogP contribution in [0, 0.1) is 5.41 Å². The van der Waals surface area contributed by atoms with Crippen LogP contribution in [0.25, 0.3) is 0 Å². The van der Waals surface area contributed by atoms with Gasteiger partial charge in [0.1, 0.15) is 0 Å². The summed E-state index contributed by atoms with van der Waals surface area (Å²) < 4.78 is 0. The maximum Gasteiger partial charge on any atom is 0.0300 e. The van der Waals surface area contributed by atoms with Gasteiger partial charge in [0.15, 0.2) is 0 Å². The van der Waals surface area contributed by atoms with Crippen LogP contribution in [0.5, 0.6) is 0 Å². The van der Waals surface area contributed by atoms with Gasteiger partial charge in [-0.1, -0.05) is 26.8 Å². The van der Waals surface area contributed by atoms with E-state index in [4.69, 9.17) is 5.84 Å². The van der Waals surface area contributed by atoms with Gasteiger partial charge in [0.05, 0.1) is 0 Å². The predicted octanol–water partition coefficient (Wildman–Crippen LogP) is 2.28. The number of hydrazine groups is 1. The quantitative estimate of drug-likeness (QED) is 0.592. The van der Waals surface area contributed by atoms with Gasteiger partial charge in [0.25, 0.3) is 0 Å². The van der Waals surface area contributed by atoms with E-state index >= 15 is 0 Å². The van der Waals surface area contributed by atoms with E-state index in [0.717, 1.165) is 12.8 Å². The van der Waals surface area contributed by atoms with Crippen LogP contribution < -0.4 is 11.3 Å². The van der Waals surface area contributed by atoms with Crippen LogP contribution in [0.15, 0.2) is 24.5 Å². The molecule has 0 spiro atoms. The lowest BCUT2D eigenvalue weighted by atomic mass is 9.87. The first-order valence-electron chi connectivity index (χ1n) is 5.86. The molecule has 1 aromatic rings. The second kappa shape index (κ2) is 5.97. The highest BCUT2D eigenvalue weighted by Crippen LogP contribution is 2.22. The minimum atomic E-state index is 0.337. The number of nitrogens with zero attached hydrogens (tertiary/aromatic N) is 1. The number of nitrogens with one attached hydrogen (secondary N) is 1. The summed E-state index contributed by atoms with van der Waals surface area (Å²) in [5.41, 5.74) is 4.50. The summed E-state index contributed by atoms with van der Waals surface area (Å²) in [6.07, 6.45) is 6.91. The first-order chi connectivity index (χ1) is 7.51. The molecule has 3 heteroatoms. The Kier molecular flexibility index (Phi) is 4.90. The monoisotopic (exact) mass is 221 g/mol. The van der Waals surface area contributed by atoms with Gasteiger partial charge in [0, 0.05) is 18.4 Å². The SMILES string of the molecule is CC(C)(C)CCC(Cc1cccnc1)NN. The average Bonchev–Trinajstić information content (AvgIpc) is 2.24. The third kappa shape index (κ3) is 5.24. The topological polar surface area (TPSA) is 50.9 Å². The molecule has 1 aromatic heterocycles. The highest BCUT2D eigenvalue weighted by Gasteiger charge is 2.14. The number of aromatic nitrogens is 1. The normalized spacial score (nSPS) is 13.8. The molecule has 90 valence electrons. The summed E-state index contributed by atoms with van der Waals surface area (Å²) in [6, 6.07) is 4.39. The van der Waals surface area contributed by atoms with Gasteiger partial charge in [0.2, 0.25) is 0 Å². The highest BCUT2D eigenvalue weighted by molar-refractivity contribution is 5.10. The van der Waals surface area contributed by atoms with Crippen LogP contribution in [-0.2, 0) is 6.42 Å². The Morgan fingerprint density at radius 1 is 1.44 bits per heavy atom. The van der Waals surface area contributed by atoms with Crippen molar-refractivity contribution in [2.75, 3.05) is 0 Å². The van der Waals surface area contributed by atoms with Crippen LogP contribution in [0.3, 0.4) is 0 Å². The Hall–Kier alpha value is -0.930. The second-order valence-corrected chi connectivity index (χ2v) is 5.53. The Labute approximate surface area is 98.4 Å². The molecule has 1 rings (SSSR count). The molecule has 0 aliphatic rings. The third-order valence-corrected chi connectivity index (χ3v) is 2.68. The molecule has 0 amide bonds. The lowest BCUT2D eigenvalue weighted by molar-refractivity contribution is 0.330. The van der Waals surface area contributed by atoms with Gasteiger partial charge in [-0.05, 0) is 36.3 Å². The summed E-state index contributed by atoms with van der Waals surface area (Å²) in [7, 11) is 0. The fourth-order valence-corrected chi connectivity index (χ4v) is 1.65. The van der Waals surface area contributed by atoms with Gasteiger partial charge < -0.3 is 0 Å². The standard InChI is InChI=1S/C13H23N3/c1-13(2,3)7-6-12(16-14)9-11-5-4-8-15-10-11/h4-5,8,10,12,16H,6-7,9,14H2,1-3H3. The van der Waals surface area contributed by atoms with Crippen LogP contribution in [0.2, 0.25) is 0 Å². The maximum atomic E-state index is 5.58. The second-order valence-electron chi connectivity index (χ2n) is 5.53. The van der Waals surface area contributed by atoms with Crippen molar-refractivity contribution in [3.8, 4) is 0 Å². The smallest absolute Gasteiger partial charge is 0.0300 e. The van der Waals surface area contributed by atoms with E-state index in [-0.39, 0.29) is 0 Å². The first-order valence-corrected chi connectivity index (χ1v) is 5.86. The summed E-state index contributed by atoms with van der Waals surface area (Å²) in [5, 5.41) is 0. The molecule has 0 aliphatic carbocycles. The predicted molar refractivity (Wildman–Crippen MR) is 67.7 cm³/mol. The Morgan fingerprint density at radius 3 is 2.69 bits per heavy atom. The van der Waals surface area contributed by atoms with E-state index in [1.54, 1.807) is 6.20 Å². The molecular weight excluding hydrogens is 198 g/mol. The molecule has 0 saturated heterocycles. The molecule has 1 unspecified atom stereocenters. The molecule has 1 heterocycles. The van der Waals surface area contributed by atoms with E-state index in [2.05, 4.69) is 37.2 Å². The Balaban J connectivity index is 2.44. The van der Waals surface area contributed by atoms with Crippen molar-refractivity contribution < 1.29 is 0 Å². The van der Waals surface area contributed by atoms with Crippen molar-refractivity contribution in [3.05, 3.63) is 30.1 Å². The summed E-state index contributed by atoms with van der Waals surface area (Å²) in [4.78, 5) is 4.11. The number of hydrogen-bond donors (Lipinski definition) is 2. The summed E-state index contributed by atoms with van der Waals surface area (Å²) in [5.74, 6) is 5.58. The maximum absolute atomic E-state index is 5.58. The van der Waals surface area contributed by atoms with Crippen molar-refractivity contribution in [1.82, 2.24) is 10.4 Å². The summed E-state index contributed by atoms with van der Waals surface area (Å²) >= 11 is 0. The minimum Gasteiger partial charge on any atom is -0.271 e. The van der Waals surface area contributed by atoms with Crippen molar-refractivity contribution in [3.63, 3.8) is 0 Å². The van der Waals surface area contributed by atoms with E-state index in [1.165, 1.54) is 12.0 Å². The fourth-order valence-electron chi connectivity index (χ4n) is 1.65. The number of pyridine rings is 1. The third-order valence-electron chi connectivity index (χ3n) is 2.68. The molecule has 1 atom stereocenters. The zero-order valence-electron chi connectivity index (χ0n) is 10.5. The van der Waals surface area contributed by atoms with E-state index in [0.29, 0.717) is 11.5 Å². The van der Waals surface area contributed by atoms with Crippen LogP contribution in [0.1, 0.15) is 39.2 Å². The number of rotatable bonds is 5. The molecule has 0 radical (unpaired) electrons. The molecule has 0 fully saturated rings. The Morgan fingerprint density at radius 2 is 2.19 bits per heavy atom. The lowest BCUT2D eigenvalue weighted by Crippen LogP contribution is -2.37. The van der Waals surface area contributed by atoms with E-state index in [1.807, 2.05) is 12.3 Å². The van der Waals surface area contributed by atoms with Gasteiger partial charge in [-0.25, -0.2) is 0 Å². The fraction of sp³-hybridized carbons (Fsp3) is 0.615. The molecular formula is C13H23N3. The van der Waals surface area contributed by atoms with Crippen LogP contribution in [0.4, 0.5) is 0 Å². The van der Waals surface area contributed by atoms with Crippen LogP contribution >= 0.6 is 0 Å². The zero-order valence-corrected chi connectivity index (χ0v) is 10.5. The highest BCUT2D eigenvalue weighted by atomic mass is 15.2. The van der Waals surface area contributed by atoms with Crippen molar-refractivity contribution in [1.29, 1.82) is 0 Å². The minimum absolute atomic E-state index is 0.337. The van der Waals surface area contributed by atoms with Gasteiger partial charge in [-0.2, -0.15) is 0 Å². The van der Waals surface area contributed by atoms with E-state index < -0.39 is 0 Å².